The fourth-order valence-electron chi connectivity index (χ4n) is 4.96. The molecule has 0 bridgehead atoms. The van der Waals surface area contributed by atoms with Crippen LogP contribution in [0.4, 0.5) is 22.2 Å². The lowest BCUT2D eigenvalue weighted by molar-refractivity contribution is 0.0303. The minimum atomic E-state index is -0.257. The third-order valence-corrected chi connectivity index (χ3v) is 7.05. The van der Waals surface area contributed by atoms with Gasteiger partial charge in [-0.15, -0.1) is 10.2 Å². The van der Waals surface area contributed by atoms with Gasteiger partial charge in [0, 0.05) is 56.6 Å². The van der Waals surface area contributed by atoms with Crippen LogP contribution >= 0.6 is 0 Å². The number of piperidine rings is 1. The normalized spacial score (nSPS) is 19.8. The second-order valence-corrected chi connectivity index (χ2v) is 9.76. The highest BCUT2D eigenvalue weighted by atomic mass is 16.5. The average molecular weight is 523 g/mol. The number of nitrogens with two attached hydrogens (primary N) is 1. The predicted molar refractivity (Wildman–Crippen MR) is 142 cm³/mol. The van der Waals surface area contributed by atoms with Crippen LogP contribution in [0, 0.1) is 5.41 Å². The number of nitrogens with one attached hydrogen (secondary N) is 3. The Labute approximate surface area is 221 Å². The summed E-state index contributed by atoms with van der Waals surface area (Å²) in [6, 6.07) is 7.04. The van der Waals surface area contributed by atoms with E-state index in [1.807, 2.05) is 9.80 Å². The largest absolute Gasteiger partial charge is 0.382 e. The molecule has 4 heterocycles. The van der Waals surface area contributed by atoms with Crippen molar-refractivity contribution in [3.05, 3.63) is 35.5 Å². The van der Waals surface area contributed by atoms with Gasteiger partial charge in [0.15, 0.2) is 11.5 Å². The van der Waals surface area contributed by atoms with Crippen LogP contribution in [-0.4, -0.2) is 101 Å². The summed E-state index contributed by atoms with van der Waals surface area (Å²) in [5, 5.41) is 22.6. The molecule has 13 nitrogen and oxygen atoms in total. The third-order valence-electron chi connectivity index (χ3n) is 7.05. The molecule has 3 saturated heterocycles. The molecule has 3 fully saturated rings. The van der Waals surface area contributed by atoms with Gasteiger partial charge in [0.05, 0.1) is 13.2 Å². The summed E-state index contributed by atoms with van der Waals surface area (Å²) in [4.78, 5) is 35.6. The van der Waals surface area contributed by atoms with Crippen LogP contribution in [0.3, 0.4) is 0 Å². The first-order valence-corrected chi connectivity index (χ1v) is 13.1. The van der Waals surface area contributed by atoms with E-state index in [1.165, 1.54) is 0 Å². The first-order valence-electron chi connectivity index (χ1n) is 13.1. The molecule has 0 saturated carbocycles. The maximum absolute atomic E-state index is 12.7. The molecule has 0 spiro atoms. The molecule has 202 valence electrons. The molecule has 5 N–H and O–H groups in total. The highest BCUT2D eigenvalue weighted by Crippen LogP contribution is 2.23. The van der Waals surface area contributed by atoms with Crippen molar-refractivity contribution in [2.24, 2.45) is 5.73 Å². The molecule has 3 aliphatic rings. The number of likely N-dealkylation sites (tertiary alicyclic amines) is 1. The van der Waals surface area contributed by atoms with E-state index in [-0.39, 0.29) is 29.5 Å². The molecule has 1 atom stereocenters. The van der Waals surface area contributed by atoms with Gasteiger partial charge in [0.2, 0.25) is 5.95 Å². The van der Waals surface area contributed by atoms with Gasteiger partial charge in [0.25, 0.3) is 5.91 Å². The van der Waals surface area contributed by atoms with Gasteiger partial charge in [-0.1, -0.05) is 0 Å². The Morgan fingerprint density at radius 3 is 2.42 bits per heavy atom. The molecular weight excluding hydrogens is 488 g/mol. The number of amides is 3. The number of nitrogen functional groups attached to an aromatic ring is 1. The fraction of sp³-hybridized carbons (Fsp3) is 0.520. The molecule has 1 aromatic carbocycles. The van der Waals surface area contributed by atoms with Gasteiger partial charge in [-0.05, 0) is 49.9 Å². The number of hydrogen-bond acceptors (Lipinski definition) is 9. The molecule has 38 heavy (non-hydrogen) atoms. The summed E-state index contributed by atoms with van der Waals surface area (Å²) in [5.41, 5.74) is 7.15. The number of anilines is 3. The van der Waals surface area contributed by atoms with Gasteiger partial charge in [0.1, 0.15) is 5.84 Å². The lowest BCUT2D eigenvalue weighted by Crippen LogP contribution is -2.51. The number of ether oxygens (including phenoxy) is 1. The van der Waals surface area contributed by atoms with Crippen molar-refractivity contribution in [3.63, 3.8) is 0 Å². The third kappa shape index (κ3) is 5.93. The van der Waals surface area contributed by atoms with Gasteiger partial charge in [-0.25, -0.2) is 4.79 Å². The van der Waals surface area contributed by atoms with Crippen LogP contribution < -0.4 is 21.3 Å². The average Bonchev–Trinajstić information content (AvgIpc) is 3.49. The standard InChI is InChI=1S/C25H34N10O3/c26-21(27)20-22(28-18-7-5-17(6-8-18)23(36)33-12-14-38-15-13-33)30-24(32-31-20)35-11-3-4-19(16-35)29-25(37)34-9-1-2-10-34/h5-8,19H,1-4,9-16H2,(H3,26,27)(H,29,37)(H,28,30,32)/t19-/m1/s1. The monoisotopic (exact) mass is 522 g/mol. The summed E-state index contributed by atoms with van der Waals surface area (Å²) in [6.07, 6.45) is 3.86. The lowest BCUT2D eigenvalue weighted by atomic mass is 10.1. The quantitative estimate of drug-likeness (QED) is 0.321. The first kappa shape index (κ1) is 25.6. The molecule has 3 amide bonds. The number of urea groups is 1. The zero-order valence-corrected chi connectivity index (χ0v) is 21.4. The number of morpholine rings is 1. The number of benzene rings is 1. The summed E-state index contributed by atoms with van der Waals surface area (Å²) >= 11 is 0. The number of amidine groups is 1. The molecule has 1 aromatic heterocycles. The highest BCUT2D eigenvalue weighted by Gasteiger charge is 2.27. The van der Waals surface area contributed by atoms with Crippen molar-refractivity contribution in [1.82, 2.24) is 30.3 Å². The molecule has 13 heteroatoms. The molecule has 5 rings (SSSR count). The van der Waals surface area contributed by atoms with Crippen LogP contribution in [-0.2, 0) is 4.74 Å². The van der Waals surface area contributed by atoms with E-state index in [9.17, 15) is 9.59 Å². The number of carbonyl (C=O) groups excluding carboxylic acids is 2. The van der Waals surface area contributed by atoms with Crippen molar-refractivity contribution >= 4 is 35.2 Å². The summed E-state index contributed by atoms with van der Waals surface area (Å²) < 4.78 is 5.33. The Bertz CT molecular complexity index is 1160. The van der Waals surface area contributed by atoms with Crippen LogP contribution in [0.15, 0.2) is 24.3 Å². The Morgan fingerprint density at radius 1 is 0.974 bits per heavy atom. The second-order valence-electron chi connectivity index (χ2n) is 9.76. The van der Waals surface area contributed by atoms with E-state index < -0.39 is 0 Å². The Kier molecular flexibility index (Phi) is 7.82. The van der Waals surface area contributed by atoms with Crippen molar-refractivity contribution in [2.45, 2.75) is 31.7 Å². The molecule has 3 aliphatic heterocycles. The maximum Gasteiger partial charge on any atom is 0.317 e. The van der Waals surface area contributed by atoms with E-state index in [2.05, 4.69) is 25.8 Å². The van der Waals surface area contributed by atoms with E-state index >= 15 is 0 Å². The molecule has 0 unspecified atom stereocenters. The van der Waals surface area contributed by atoms with Gasteiger partial charge < -0.3 is 35.8 Å². The first-order chi connectivity index (χ1) is 18.5. The number of hydrogen-bond donors (Lipinski definition) is 4. The van der Waals surface area contributed by atoms with Gasteiger partial charge in [-0.2, -0.15) is 4.98 Å². The number of carbonyl (C=O) groups is 2. The smallest absolute Gasteiger partial charge is 0.317 e. The number of nitrogens with zero attached hydrogens (tertiary/aromatic N) is 6. The minimum Gasteiger partial charge on any atom is -0.382 e. The Morgan fingerprint density at radius 2 is 1.71 bits per heavy atom. The van der Waals surface area contributed by atoms with Crippen molar-refractivity contribution in [2.75, 3.05) is 62.7 Å². The van der Waals surface area contributed by atoms with Crippen LogP contribution in [0.1, 0.15) is 41.7 Å². The zero-order valence-electron chi connectivity index (χ0n) is 21.4. The van der Waals surface area contributed by atoms with E-state index in [0.717, 1.165) is 45.3 Å². The zero-order chi connectivity index (χ0) is 26.5. The fourth-order valence-corrected chi connectivity index (χ4v) is 4.96. The van der Waals surface area contributed by atoms with Crippen LogP contribution in [0.5, 0.6) is 0 Å². The topological polar surface area (TPSA) is 166 Å². The van der Waals surface area contributed by atoms with E-state index in [1.54, 1.807) is 29.2 Å². The summed E-state index contributed by atoms with van der Waals surface area (Å²) in [7, 11) is 0. The molecule has 0 radical (unpaired) electrons. The Hall–Kier alpha value is -4.00. The Balaban J connectivity index is 1.27. The minimum absolute atomic E-state index is 0.0131. The summed E-state index contributed by atoms with van der Waals surface area (Å²) in [6.45, 7) is 5.16. The van der Waals surface area contributed by atoms with Crippen molar-refractivity contribution in [1.29, 1.82) is 5.41 Å². The van der Waals surface area contributed by atoms with Crippen LogP contribution in [0.25, 0.3) is 0 Å². The summed E-state index contributed by atoms with van der Waals surface area (Å²) in [5.74, 6) is 0.411. The molecule has 2 aromatic rings. The van der Waals surface area contributed by atoms with Crippen molar-refractivity contribution in [3.8, 4) is 0 Å². The predicted octanol–water partition coefficient (Wildman–Crippen LogP) is 1.15. The van der Waals surface area contributed by atoms with Crippen LogP contribution in [0.2, 0.25) is 0 Å². The molecule has 0 aliphatic carbocycles. The highest BCUT2D eigenvalue weighted by molar-refractivity contribution is 5.98. The number of aromatic nitrogens is 3. The second kappa shape index (κ2) is 11.6. The van der Waals surface area contributed by atoms with Crippen molar-refractivity contribution < 1.29 is 14.3 Å². The van der Waals surface area contributed by atoms with Gasteiger partial charge in [-0.3, -0.25) is 10.2 Å². The molecular formula is C25H34N10O3. The maximum atomic E-state index is 12.7. The lowest BCUT2D eigenvalue weighted by Gasteiger charge is -2.34. The van der Waals surface area contributed by atoms with E-state index in [4.69, 9.17) is 15.9 Å². The SMILES string of the molecule is N=C(N)c1nnc(N2CCC[C@@H](NC(=O)N3CCCC3)C2)nc1Nc1ccc(C(=O)N2CCOCC2)cc1. The van der Waals surface area contributed by atoms with E-state index in [0.29, 0.717) is 55.9 Å². The van der Waals surface area contributed by atoms with Gasteiger partial charge >= 0.3 is 6.03 Å². The number of rotatable bonds is 6.